The van der Waals surface area contributed by atoms with E-state index < -0.39 is 0 Å². The maximum Gasteiger partial charge on any atom is 0.267 e. The van der Waals surface area contributed by atoms with Crippen molar-refractivity contribution in [2.75, 3.05) is 5.32 Å². The van der Waals surface area contributed by atoms with E-state index in [-0.39, 0.29) is 5.91 Å². The third kappa shape index (κ3) is 2.88. The largest absolute Gasteiger partial charge is 0.319 e. The molecular weight excluding hydrogens is 352 g/mol. The number of fused-ring (bicyclic) bond motifs is 2. The van der Waals surface area contributed by atoms with Gasteiger partial charge in [0.2, 0.25) is 0 Å². The molecule has 2 aromatic carbocycles. The van der Waals surface area contributed by atoms with Gasteiger partial charge in [0.25, 0.3) is 5.91 Å². The van der Waals surface area contributed by atoms with Crippen molar-refractivity contribution in [1.29, 1.82) is 0 Å². The van der Waals surface area contributed by atoms with Crippen molar-refractivity contribution in [2.45, 2.75) is 13.8 Å². The number of aryl methyl sites for hydroxylation is 2. The van der Waals surface area contributed by atoms with E-state index in [2.05, 4.69) is 10.3 Å². The van der Waals surface area contributed by atoms with Crippen molar-refractivity contribution in [3.63, 3.8) is 0 Å². The number of hydrogen-bond acceptors (Lipinski definition) is 3. The third-order valence-electron chi connectivity index (χ3n) is 4.10. The Morgan fingerprint density at radius 1 is 1.12 bits per heavy atom. The SMILES string of the molecule is Cc1ccc2c(Cl)c(C(=O)Nc3cccc4ccc(C)nc34)sc2c1. The van der Waals surface area contributed by atoms with Crippen LogP contribution >= 0.6 is 22.9 Å². The number of halogens is 1. The van der Waals surface area contributed by atoms with Crippen LogP contribution in [0.15, 0.2) is 48.5 Å². The number of nitrogens with zero attached hydrogens (tertiary/aromatic N) is 1. The molecule has 0 saturated heterocycles. The summed E-state index contributed by atoms with van der Waals surface area (Å²) < 4.78 is 1.02. The topological polar surface area (TPSA) is 42.0 Å². The average molecular weight is 367 g/mol. The Labute approximate surface area is 154 Å². The molecule has 0 bridgehead atoms. The van der Waals surface area contributed by atoms with Crippen molar-refractivity contribution in [3.05, 3.63) is 69.7 Å². The van der Waals surface area contributed by atoms with Crippen LogP contribution in [0.3, 0.4) is 0 Å². The minimum atomic E-state index is -0.209. The number of carbonyl (C=O) groups excluding carboxylic acids is 1. The monoisotopic (exact) mass is 366 g/mol. The molecule has 3 nitrogen and oxygen atoms in total. The van der Waals surface area contributed by atoms with Gasteiger partial charge in [-0.2, -0.15) is 0 Å². The van der Waals surface area contributed by atoms with Gasteiger partial charge < -0.3 is 5.32 Å². The van der Waals surface area contributed by atoms with E-state index in [1.54, 1.807) is 0 Å². The highest BCUT2D eigenvalue weighted by atomic mass is 35.5. The summed E-state index contributed by atoms with van der Waals surface area (Å²) in [7, 11) is 0. The molecule has 0 radical (unpaired) electrons. The van der Waals surface area contributed by atoms with Gasteiger partial charge in [0.1, 0.15) is 4.88 Å². The molecule has 4 aromatic rings. The molecule has 0 aliphatic carbocycles. The predicted octanol–water partition coefficient (Wildman–Crippen LogP) is 5.97. The fourth-order valence-corrected chi connectivity index (χ4v) is 4.35. The summed E-state index contributed by atoms with van der Waals surface area (Å²) in [5, 5.41) is 5.37. The Balaban J connectivity index is 1.76. The Bertz CT molecular complexity index is 1130. The lowest BCUT2D eigenvalue weighted by Crippen LogP contribution is -2.11. The van der Waals surface area contributed by atoms with E-state index >= 15 is 0 Å². The summed E-state index contributed by atoms with van der Waals surface area (Å²) in [5.41, 5.74) is 3.52. The molecule has 1 N–H and O–H groups in total. The number of hydrogen-bond donors (Lipinski definition) is 1. The molecule has 124 valence electrons. The van der Waals surface area contributed by atoms with Gasteiger partial charge in [-0.25, -0.2) is 0 Å². The first-order chi connectivity index (χ1) is 12.0. The van der Waals surface area contributed by atoms with Crippen LogP contribution in [0.2, 0.25) is 5.02 Å². The van der Waals surface area contributed by atoms with Crippen LogP contribution in [-0.2, 0) is 0 Å². The molecule has 0 aliphatic heterocycles. The van der Waals surface area contributed by atoms with Crippen LogP contribution in [0.25, 0.3) is 21.0 Å². The first kappa shape index (κ1) is 16.1. The number of thiophene rings is 1. The minimum absolute atomic E-state index is 0.209. The second kappa shape index (κ2) is 6.14. The van der Waals surface area contributed by atoms with E-state index in [1.165, 1.54) is 11.3 Å². The summed E-state index contributed by atoms with van der Waals surface area (Å²) in [6.07, 6.45) is 0. The summed E-state index contributed by atoms with van der Waals surface area (Å²) in [5.74, 6) is -0.209. The van der Waals surface area contributed by atoms with Crippen LogP contribution in [0, 0.1) is 13.8 Å². The lowest BCUT2D eigenvalue weighted by Gasteiger charge is -2.08. The summed E-state index contributed by atoms with van der Waals surface area (Å²) in [6.45, 7) is 3.96. The number of carbonyl (C=O) groups is 1. The van der Waals surface area contributed by atoms with Crippen LogP contribution in [0.1, 0.15) is 20.9 Å². The highest BCUT2D eigenvalue weighted by Crippen LogP contribution is 2.36. The fourth-order valence-electron chi connectivity index (χ4n) is 2.84. The first-order valence-corrected chi connectivity index (χ1v) is 9.09. The molecule has 1 amide bonds. The molecule has 5 heteroatoms. The number of para-hydroxylation sites is 1. The molecule has 4 rings (SSSR count). The van der Waals surface area contributed by atoms with E-state index in [4.69, 9.17) is 11.6 Å². The second-order valence-electron chi connectivity index (χ2n) is 6.03. The number of nitrogens with one attached hydrogen (secondary N) is 1. The van der Waals surface area contributed by atoms with Crippen LogP contribution < -0.4 is 5.32 Å². The van der Waals surface area contributed by atoms with Gasteiger partial charge in [-0.05, 0) is 37.6 Å². The zero-order valence-corrected chi connectivity index (χ0v) is 15.3. The molecule has 2 heterocycles. The van der Waals surface area contributed by atoms with Crippen molar-refractivity contribution in [1.82, 2.24) is 4.98 Å². The number of anilines is 1. The number of aromatic nitrogens is 1. The van der Waals surface area contributed by atoms with Crippen LogP contribution in [0.4, 0.5) is 5.69 Å². The number of amides is 1. The average Bonchev–Trinajstić information content (AvgIpc) is 2.91. The maximum absolute atomic E-state index is 12.8. The van der Waals surface area contributed by atoms with Gasteiger partial charge in [0.15, 0.2) is 0 Å². The lowest BCUT2D eigenvalue weighted by molar-refractivity contribution is 0.103. The smallest absolute Gasteiger partial charge is 0.267 e. The van der Waals surface area contributed by atoms with Crippen molar-refractivity contribution >= 4 is 55.5 Å². The summed E-state index contributed by atoms with van der Waals surface area (Å²) >= 11 is 7.86. The van der Waals surface area contributed by atoms with Crippen molar-refractivity contribution in [3.8, 4) is 0 Å². The highest BCUT2D eigenvalue weighted by Gasteiger charge is 2.18. The molecule has 0 aliphatic rings. The maximum atomic E-state index is 12.8. The van der Waals surface area contributed by atoms with Gasteiger partial charge in [-0.1, -0.05) is 41.9 Å². The van der Waals surface area contributed by atoms with Gasteiger partial charge in [-0.15, -0.1) is 11.3 Å². The van der Waals surface area contributed by atoms with E-state index in [0.29, 0.717) is 15.6 Å². The molecular formula is C20H15ClN2OS. The third-order valence-corrected chi connectivity index (χ3v) is 5.75. The molecule has 0 unspecified atom stereocenters. The van der Waals surface area contributed by atoms with Crippen molar-refractivity contribution in [2.24, 2.45) is 0 Å². The Morgan fingerprint density at radius 2 is 1.96 bits per heavy atom. The molecule has 0 fully saturated rings. The van der Waals surface area contributed by atoms with Crippen LogP contribution in [-0.4, -0.2) is 10.9 Å². The molecule has 0 saturated carbocycles. The standard InChI is InChI=1S/C20H15ClN2OS/c1-11-6-9-14-16(10-11)25-19(17(14)21)20(24)23-15-5-3-4-13-8-7-12(2)22-18(13)15/h3-10H,1-2H3,(H,23,24). The normalized spacial score (nSPS) is 11.2. The van der Waals surface area contributed by atoms with Gasteiger partial charge in [-0.3, -0.25) is 9.78 Å². The van der Waals surface area contributed by atoms with E-state index in [0.717, 1.165) is 32.2 Å². The molecule has 0 spiro atoms. The molecule has 2 aromatic heterocycles. The van der Waals surface area contributed by atoms with Gasteiger partial charge >= 0.3 is 0 Å². The zero-order valence-electron chi connectivity index (χ0n) is 13.8. The fraction of sp³-hybridized carbons (Fsp3) is 0.100. The van der Waals surface area contributed by atoms with Crippen molar-refractivity contribution < 1.29 is 4.79 Å². The Hall–Kier alpha value is -2.43. The quantitative estimate of drug-likeness (QED) is 0.474. The highest BCUT2D eigenvalue weighted by molar-refractivity contribution is 7.21. The lowest BCUT2D eigenvalue weighted by atomic mass is 10.1. The minimum Gasteiger partial charge on any atom is -0.319 e. The van der Waals surface area contributed by atoms with E-state index in [1.807, 2.05) is 62.4 Å². The van der Waals surface area contributed by atoms with Gasteiger partial charge in [0, 0.05) is 21.2 Å². The van der Waals surface area contributed by atoms with E-state index in [9.17, 15) is 4.79 Å². The first-order valence-electron chi connectivity index (χ1n) is 7.89. The molecule has 0 atom stereocenters. The number of rotatable bonds is 2. The van der Waals surface area contributed by atoms with Gasteiger partial charge in [0.05, 0.1) is 16.2 Å². The second-order valence-corrected chi connectivity index (χ2v) is 7.46. The Morgan fingerprint density at radius 3 is 2.80 bits per heavy atom. The predicted molar refractivity (Wildman–Crippen MR) is 106 cm³/mol. The molecule has 25 heavy (non-hydrogen) atoms. The van der Waals surface area contributed by atoms with Crippen LogP contribution in [0.5, 0.6) is 0 Å². The zero-order chi connectivity index (χ0) is 17.6. The summed E-state index contributed by atoms with van der Waals surface area (Å²) in [6, 6.07) is 15.7. The number of benzene rings is 2. The number of pyridine rings is 1. The summed E-state index contributed by atoms with van der Waals surface area (Å²) in [4.78, 5) is 17.9. The Kier molecular flexibility index (Phi) is 3.94.